The van der Waals surface area contributed by atoms with Gasteiger partial charge in [-0.1, -0.05) is 53.2 Å². The van der Waals surface area contributed by atoms with E-state index in [1.54, 1.807) is 24.1 Å². The topological polar surface area (TPSA) is 59.1 Å². The highest BCUT2D eigenvalue weighted by Gasteiger charge is 2.59. The SMILES string of the molecule is CCCC1C(=O)N(C)CCN1C(=O)c1cccc(B2OC(CC)(CC)C(CC)(CC)O2)c1F. The molecule has 2 heterocycles. The van der Waals surface area contributed by atoms with Crippen molar-refractivity contribution in [3.8, 4) is 0 Å². The summed E-state index contributed by atoms with van der Waals surface area (Å²) >= 11 is 0. The second kappa shape index (κ2) is 10.1. The van der Waals surface area contributed by atoms with E-state index in [2.05, 4.69) is 27.7 Å². The molecule has 33 heavy (non-hydrogen) atoms. The van der Waals surface area contributed by atoms with Gasteiger partial charge in [-0.2, -0.15) is 0 Å². The summed E-state index contributed by atoms with van der Waals surface area (Å²) in [5.41, 5.74) is -0.821. The summed E-state index contributed by atoms with van der Waals surface area (Å²) in [5, 5.41) is 0. The van der Waals surface area contributed by atoms with Crippen LogP contribution in [0.3, 0.4) is 0 Å². The second-order valence-electron chi connectivity index (χ2n) is 9.24. The predicted octanol–water partition coefficient (Wildman–Crippen LogP) is 3.77. The highest BCUT2D eigenvalue weighted by atomic mass is 19.1. The molecule has 6 nitrogen and oxygen atoms in total. The van der Waals surface area contributed by atoms with Crippen LogP contribution in [-0.2, 0) is 14.1 Å². The van der Waals surface area contributed by atoms with E-state index in [0.29, 0.717) is 19.5 Å². The lowest BCUT2D eigenvalue weighted by Crippen LogP contribution is -2.57. The molecular formula is C25H38BFN2O4. The second-order valence-corrected chi connectivity index (χ2v) is 9.24. The first-order chi connectivity index (χ1) is 15.7. The normalized spacial score (nSPS) is 22.2. The largest absolute Gasteiger partial charge is 0.497 e. The van der Waals surface area contributed by atoms with E-state index in [1.807, 2.05) is 6.92 Å². The number of benzene rings is 1. The molecule has 2 fully saturated rings. The van der Waals surface area contributed by atoms with Crippen LogP contribution in [0.25, 0.3) is 0 Å². The summed E-state index contributed by atoms with van der Waals surface area (Å²) in [6, 6.07) is 4.22. The lowest BCUT2D eigenvalue weighted by atomic mass is 9.75. The summed E-state index contributed by atoms with van der Waals surface area (Å²) in [6.45, 7) is 11.1. The van der Waals surface area contributed by atoms with Crippen LogP contribution in [0, 0.1) is 5.82 Å². The molecule has 0 aromatic heterocycles. The van der Waals surface area contributed by atoms with E-state index in [1.165, 1.54) is 11.0 Å². The fourth-order valence-electron chi connectivity index (χ4n) is 5.66. The van der Waals surface area contributed by atoms with Gasteiger partial charge in [0, 0.05) is 25.6 Å². The average Bonchev–Trinajstić information content (AvgIpc) is 3.17. The molecule has 1 unspecified atom stereocenters. The summed E-state index contributed by atoms with van der Waals surface area (Å²) in [5.74, 6) is -1.18. The van der Waals surface area contributed by atoms with Crippen molar-refractivity contribution in [1.29, 1.82) is 0 Å². The van der Waals surface area contributed by atoms with Crippen LogP contribution in [0.2, 0.25) is 0 Å². The number of carbonyl (C=O) groups excluding carboxylic acids is 2. The van der Waals surface area contributed by atoms with Gasteiger partial charge in [-0.25, -0.2) is 4.39 Å². The van der Waals surface area contributed by atoms with Crippen molar-refractivity contribution in [3.63, 3.8) is 0 Å². The number of hydrogen-bond acceptors (Lipinski definition) is 4. The molecule has 2 aliphatic rings. The molecule has 2 saturated heterocycles. The van der Waals surface area contributed by atoms with Gasteiger partial charge in [-0.3, -0.25) is 9.59 Å². The Morgan fingerprint density at radius 3 is 2.15 bits per heavy atom. The lowest BCUT2D eigenvalue weighted by Gasteiger charge is -2.42. The van der Waals surface area contributed by atoms with Gasteiger partial charge < -0.3 is 19.1 Å². The molecule has 0 saturated carbocycles. The minimum Gasteiger partial charge on any atom is -0.399 e. The van der Waals surface area contributed by atoms with Gasteiger partial charge in [0.1, 0.15) is 11.9 Å². The Morgan fingerprint density at radius 1 is 1.06 bits per heavy atom. The van der Waals surface area contributed by atoms with Gasteiger partial charge in [0.15, 0.2) is 0 Å². The van der Waals surface area contributed by atoms with Crippen molar-refractivity contribution in [1.82, 2.24) is 9.80 Å². The zero-order valence-electron chi connectivity index (χ0n) is 20.9. The number of rotatable bonds is 8. The molecule has 2 aliphatic heterocycles. The number of halogens is 1. The molecular weight excluding hydrogens is 422 g/mol. The van der Waals surface area contributed by atoms with E-state index >= 15 is 4.39 Å². The summed E-state index contributed by atoms with van der Waals surface area (Å²) in [6.07, 6.45) is 4.32. The molecule has 0 aliphatic carbocycles. The van der Waals surface area contributed by atoms with Crippen molar-refractivity contribution in [2.45, 2.75) is 90.4 Å². The monoisotopic (exact) mass is 460 g/mol. The number of nitrogens with zero attached hydrogens (tertiary/aromatic N) is 2. The maximum Gasteiger partial charge on any atom is 0.497 e. The Balaban J connectivity index is 1.96. The first kappa shape index (κ1) is 25.7. The standard InChI is InChI=1S/C25H38BFN2O4/c1-7-13-20-23(31)28(6)16-17-29(20)22(30)18-14-12-15-19(21(18)27)26-32-24(8-2,9-3)25(10-4,11-5)33-26/h12,14-15,20H,7-11,13,16-17H2,1-6H3. The van der Waals surface area contributed by atoms with E-state index in [4.69, 9.17) is 9.31 Å². The van der Waals surface area contributed by atoms with E-state index in [9.17, 15) is 9.59 Å². The Bertz CT molecular complexity index is 852. The number of likely N-dealkylation sites (N-methyl/N-ethyl adjacent to an activating group) is 1. The third-order valence-electron chi connectivity index (χ3n) is 7.83. The van der Waals surface area contributed by atoms with Crippen LogP contribution < -0.4 is 5.46 Å². The van der Waals surface area contributed by atoms with Gasteiger partial charge >= 0.3 is 7.12 Å². The van der Waals surface area contributed by atoms with Crippen molar-refractivity contribution < 1.29 is 23.3 Å². The zero-order valence-corrected chi connectivity index (χ0v) is 20.9. The number of hydrogen-bond donors (Lipinski definition) is 0. The molecule has 1 atom stereocenters. The molecule has 3 rings (SSSR count). The van der Waals surface area contributed by atoms with Crippen LogP contribution in [-0.4, -0.2) is 66.1 Å². The third-order valence-corrected chi connectivity index (χ3v) is 7.83. The van der Waals surface area contributed by atoms with Crippen LogP contribution >= 0.6 is 0 Å². The fourth-order valence-corrected chi connectivity index (χ4v) is 5.66. The number of piperazine rings is 1. The molecule has 1 aromatic carbocycles. The van der Waals surface area contributed by atoms with E-state index in [-0.39, 0.29) is 16.9 Å². The summed E-state index contributed by atoms with van der Waals surface area (Å²) in [4.78, 5) is 29.3. The highest BCUT2D eigenvalue weighted by molar-refractivity contribution is 6.62. The molecule has 182 valence electrons. The maximum atomic E-state index is 15.8. The van der Waals surface area contributed by atoms with Gasteiger partial charge in [0.2, 0.25) is 5.91 Å². The molecule has 0 bridgehead atoms. The van der Waals surface area contributed by atoms with Crippen molar-refractivity contribution in [3.05, 3.63) is 29.6 Å². The van der Waals surface area contributed by atoms with Crippen LogP contribution in [0.4, 0.5) is 4.39 Å². The Labute approximate surface area is 197 Å². The van der Waals surface area contributed by atoms with Crippen LogP contribution in [0.15, 0.2) is 18.2 Å². The summed E-state index contributed by atoms with van der Waals surface area (Å²) < 4.78 is 28.7. The average molecular weight is 460 g/mol. The predicted molar refractivity (Wildman–Crippen MR) is 128 cm³/mol. The van der Waals surface area contributed by atoms with Crippen LogP contribution in [0.1, 0.15) is 83.5 Å². The smallest absolute Gasteiger partial charge is 0.399 e. The molecule has 2 amide bonds. The molecule has 1 aromatic rings. The molecule has 8 heteroatoms. The molecule has 0 radical (unpaired) electrons. The minimum atomic E-state index is -0.877. The summed E-state index contributed by atoms with van der Waals surface area (Å²) in [7, 11) is 0.864. The van der Waals surface area contributed by atoms with E-state index in [0.717, 1.165) is 32.1 Å². The van der Waals surface area contributed by atoms with Gasteiger partial charge in [-0.15, -0.1) is 0 Å². The van der Waals surface area contributed by atoms with E-state index < -0.39 is 36.1 Å². The molecule has 0 spiro atoms. The third kappa shape index (κ3) is 4.21. The van der Waals surface area contributed by atoms with Crippen molar-refractivity contribution in [2.75, 3.05) is 20.1 Å². The van der Waals surface area contributed by atoms with Gasteiger partial charge in [0.05, 0.1) is 16.8 Å². The first-order valence-corrected chi connectivity index (χ1v) is 12.4. The Hall–Kier alpha value is -1.93. The fraction of sp³-hybridized carbons (Fsp3) is 0.680. The Kier molecular flexibility index (Phi) is 7.89. The lowest BCUT2D eigenvalue weighted by molar-refractivity contribution is -0.138. The van der Waals surface area contributed by atoms with Crippen molar-refractivity contribution >= 4 is 24.4 Å². The quantitative estimate of drug-likeness (QED) is 0.555. The first-order valence-electron chi connectivity index (χ1n) is 12.4. The number of amides is 2. The minimum absolute atomic E-state index is 0.0396. The highest BCUT2D eigenvalue weighted by Crippen LogP contribution is 2.46. The van der Waals surface area contributed by atoms with Gasteiger partial charge in [-0.05, 0) is 38.2 Å². The molecule has 0 N–H and O–H groups in total. The Morgan fingerprint density at radius 2 is 1.64 bits per heavy atom. The zero-order chi connectivity index (χ0) is 24.4. The maximum absolute atomic E-state index is 15.8. The van der Waals surface area contributed by atoms with Crippen molar-refractivity contribution in [2.24, 2.45) is 0 Å². The number of carbonyl (C=O) groups is 2. The van der Waals surface area contributed by atoms with Crippen LogP contribution in [0.5, 0.6) is 0 Å². The van der Waals surface area contributed by atoms with Gasteiger partial charge in [0.25, 0.3) is 5.91 Å².